The number of hydrogen-bond acceptors (Lipinski definition) is 1. The number of rotatable bonds is 3. The van der Waals surface area contributed by atoms with Gasteiger partial charge in [0.15, 0.2) is 0 Å². The monoisotopic (exact) mass is 226 g/mol. The SMILES string of the molecule is C=C1C=CC=CC1C(CO)c1ccccc1C. The van der Waals surface area contributed by atoms with E-state index in [4.69, 9.17) is 0 Å². The molecule has 88 valence electrons. The van der Waals surface area contributed by atoms with Crippen LogP contribution in [0.4, 0.5) is 0 Å². The highest BCUT2D eigenvalue weighted by molar-refractivity contribution is 5.38. The molecule has 0 aromatic heterocycles. The van der Waals surface area contributed by atoms with Crippen molar-refractivity contribution in [2.24, 2.45) is 5.92 Å². The minimum atomic E-state index is 0.102. The number of hydrogen-bond donors (Lipinski definition) is 1. The van der Waals surface area contributed by atoms with Crippen LogP contribution in [0.3, 0.4) is 0 Å². The summed E-state index contributed by atoms with van der Waals surface area (Å²) in [4.78, 5) is 0. The van der Waals surface area contributed by atoms with Gasteiger partial charge < -0.3 is 5.11 Å². The normalized spacial score (nSPS) is 20.6. The van der Waals surface area contributed by atoms with Gasteiger partial charge in [-0.1, -0.05) is 55.1 Å². The van der Waals surface area contributed by atoms with E-state index in [9.17, 15) is 5.11 Å². The molecule has 1 N–H and O–H groups in total. The first-order valence-electron chi connectivity index (χ1n) is 5.94. The summed E-state index contributed by atoms with van der Waals surface area (Å²) in [6, 6.07) is 8.23. The fraction of sp³-hybridized carbons (Fsp3) is 0.250. The number of benzene rings is 1. The molecular formula is C16H18O. The minimum Gasteiger partial charge on any atom is -0.396 e. The molecule has 1 heteroatoms. The lowest BCUT2D eigenvalue weighted by atomic mass is 9.79. The summed E-state index contributed by atoms with van der Waals surface area (Å²) in [6.45, 7) is 6.30. The van der Waals surface area contributed by atoms with E-state index in [-0.39, 0.29) is 18.4 Å². The van der Waals surface area contributed by atoms with Crippen LogP contribution in [0.25, 0.3) is 0 Å². The summed E-state index contributed by atoms with van der Waals surface area (Å²) in [5.74, 6) is 0.302. The van der Waals surface area contributed by atoms with Crippen molar-refractivity contribution in [2.75, 3.05) is 6.61 Å². The zero-order chi connectivity index (χ0) is 12.3. The highest BCUT2D eigenvalue weighted by Crippen LogP contribution is 2.34. The molecule has 2 atom stereocenters. The second kappa shape index (κ2) is 5.15. The molecule has 17 heavy (non-hydrogen) atoms. The van der Waals surface area contributed by atoms with Gasteiger partial charge in [-0.2, -0.15) is 0 Å². The van der Waals surface area contributed by atoms with Crippen molar-refractivity contribution >= 4 is 0 Å². The van der Waals surface area contributed by atoms with Crippen LogP contribution >= 0.6 is 0 Å². The van der Waals surface area contributed by atoms with Gasteiger partial charge in [-0.3, -0.25) is 0 Å². The Morgan fingerprint density at radius 3 is 2.71 bits per heavy atom. The number of aliphatic hydroxyl groups is 1. The first-order chi connectivity index (χ1) is 8.24. The van der Waals surface area contributed by atoms with Crippen LogP contribution in [0.15, 0.2) is 60.7 Å². The van der Waals surface area contributed by atoms with Gasteiger partial charge in [0.2, 0.25) is 0 Å². The van der Waals surface area contributed by atoms with Crippen molar-refractivity contribution in [2.45, 2.75) is 12.8 Å². The van der Waals surface area contributed by atoms with Gasteiger partial charge in [-0.25, -0.2) is 0 Å². The van der Waals surface area contributed by atoms with Crippen LogP contribution in [0.2, 0.25) is 0 Å². The summed E-state index contributed by atoms with van der Waals surface area (Å²) in [5.41, 5.74) is 3.50. The first kappa shape index (κ1) is 11.9. The molecule has 0 saturated heterocycles. The molecular weight excluding hydrogens is 208 g/mol. The number of aryl methyl sites for hydroxylation is 1. The standard InChI is InChI=1S/C16H18O/c1-12-7-3-5-9-14(12)16(11-17)15-10-6-4-8-13(15)2/h3-10,14,16-17H,1,11H2,2H3. The van der Waals surface area contributed by atoms with Crippen molar-refractivity contribution in [3.63, 3.8) is 0 Å². The highest BCUT2D eigenvalue weighted by atomic mass is 16.3. The molecule has 0 amide bonds. The van der Waals surface area contributed by atoms with Gasteiger partial charge in [-0.05, 0) is 23.6 Å². The lowest BCUT2D eigenvalue weighted by Gasteiger charge is -2.26. The molecule has 0 spiro atoms. The van der Waals surface area contributed by atoms with E-state index < -0.39 is 0 Å². The maximum atomic E-state index is 9.67. The van der Waals surface area contributed by atoms with E-state index in [0.29, 0.717) is 0 Å². The molecule has 0 fully saturated rings. The van der Waals surface area contributed by atoms with Gasteiger partial charge in [0.05, 0.1) is 6.61 Å². The van der Waals surface area contributed by atoms with E-state index in [1.54, 1.807) is 0 Å². The number of allylic oxidation sites excluding steroid dienone is 5. The van der Waals surface area contributed by atoms with E-state index in [1.807, 2.05) is 30.4 Å². The smallest absolute Gasteiger partial charge is 0.0508 e. The second-order valence-electron chi connectivity index (χ2n) is 4.49. The zero-order valence-corrected chi connectivity index (χ0v) is 10.1. The molecule has 1 aliphatic carbocycles. The fourth-order valence-electron chi connectivity index (χ4n) is 2.40. The molecule has 0 aliphatic heterocycles. The Kier molecular flexibility index (Phi) is 3.60. The predicted octanol–water partition coefficient (Wildman–Crippen LogP) is 3.37. The largest absolute Gasteiger partial charge is 0.396 e. The van der Waals surface area contributed by atoms with Crippen LogP contribution in [0.5, 0.6) is 0 Å². The maximum absolute atomic E-state index is 9.67. The maximum Gasteiger partial charge on any atom is 0.0508 e. The predicted molar refractivity (Wildman–Crippen MR) is 71.9 cm³/mol. The zero-order valence-electron chi connectivity index (χ0n) is 10.1. The van der Waals surface area contributed by atoms with Crippen LogP contribution in [0, 0.1) is 12.8 Å². The third-order valence-electron chi connectivity index (χ3n) is 3.39. The Balaban J connectivity index is 2.34. The van der Waals surface area contributed by atoms with Crippen LogP contribution in [-0.4, -0.2) is 11.7 Å². The summed E-state index contributed by atoms with van der Waals surface area (Å²) in [5, 5.41) is 9.67. The summed E-state index contributed by atoms with van der Waals surface area (Å²) >= 11 is 0. The van der Waals surface area contributed by atoms with Gasteiger partial charge in [-0.15, -0.1) is 0 Å². The van der Waals surface area contributed by atoms with E-state index >= 15 is 0 Å². The fourth-order valence-corrected chi connectivity index (χ4v) is 2.40. The summed E-state index contributed by atoms with van der Waals surface area (Å²) in [6.07, 6.45) is 8.16. The van der Waals surface area contributed by atoms with Crippen molar-refractivity contribution in [3.05, 3.63) is 71.8 Å². The van der Waals surface area contributed by atoms with Crippen molar-refractivity contribution in [3.8, 4) is 0 Å². The van der Waals surface area contributed by atoms with Crippen LogP contribution in [0.1, 0.15) is 17.0 Å². The van der Waals surface area contributed by atoms with Crippen molar-refractivity contribution < 1.29 is 5.11 Å². The molecule has 0 heterocycles. The molecule has 0 bridgehead atoms. The molecule has 2 unspecified atom stereocenters. The van der Waals surface area contributed by atoms with Gasteiger partial charge >= 0.3 is 0 Å². The average molecular weight is 226 g/mol. The van der Waals surface area contributed by atoms with Crippen molar-refractivity contribution in [1.29, 1.82) is 0 Å². The van der Waals surface area contributed by atoms with E-state index in [2.05, 4.69) is 31.7 Å². The Morgan fingerprint density at radius 1 is 1.29 bits per heavy atom. The Labute approximate surface area is 103 Å². The molecule has 0 saturated carbocycles. The number of aliphatic hydroxyl groups excluding tert-OH is 1. The molecule has 2 rings (SSSR count). The van der Waals surface area contributed by atoms with Crippen LogP contribution in [-0.2, 0) is 0 Å². The Morgan fingerprint density at radius 2 is 2.06 bits per heavy atom. The van der Waals surface area contributed by atoms with Crippen LogP contribution < -0.4 is 0 Å². The molecule has 1 aromatic rings. The summed E-state index contributed by atoms with van der Waals surface area (Å²) < 4.78 is 0. The van der Waals surface area contributed by atoms with Gasteiger partial charge in [0, 0.05) is 11.8 Å². The topological polar surface area (TPSA) is 20.2 Å². The second-order valence-corrected chi connectivity index (χ2v) is 4.49. The molecule has 1 nitrogen and oxygen atoms in total. The Hall–Kier alpha value is -1.60. The minimum absolute atomic E-state index is 0.102. The quantitative estimate of drug-likeness (QED) is 0.837. The van der Waals surface area contributed by atoms with Gasteiger partial charge in [0.1, 0.15) is 0 Å². The molecule has 0 radical (unpaired) electrons. The lowest BCUT2D eigenvalue weighted by molar-refractivity contribution is 0.249. The Bertz CT molecular complexity index is 468. The molecule has 1 aromatic carbocycles. The lowest BCUT2D eigenvalue weighted by Crippen LogP contribution is -2.18. The van der Waals surface area contributed by atoms with Crippen molar-refractivity contribution in [1.82, 2.24) is 0 Å². The highest BCUT2D eigenvalue weighted by Gasteiger charge is 2.23. The first-order valence-corrected chi connectivity index (χ1v) is 5.94. The average Bonchev–Trinajstić information content (AvgIpc) is 2.34. The summed E-state index contributed by atoms with van der Waals surface area (Å²) in [7, 11) is 0. The van der Waals surface area contributed by atoms with Gasteiger partial charge in [0.25, 0.3) is 0 Å². The third-order valence-corrected chi connectivity index (χ3v) is 3.39. The molecule has 1 aliphatic rings. The van der Waals surface area contributed by atoms with E-state index in [1.165, 1.54) is 11.1 Å². The van der Waals surface area contributed by atoms with E-state index in [0.717, 1.165) is 5.57 Å². The third kappa shape index (κ3) is 2.40.